The summed E-state index contributed by atoms with van der Waals surface area (Å²) in [4.78, 5) is 46.2. The Morgan fingerprint density at radius 1 is 1.04 bits per heavy atom. The lowest BCUT2D eigenvalue weighted by atomic mass is 10.2. The van der Waals surface area contributed by atoms with Crippen molar-refractivity contribution in [3.63, 3.8) is 0 Å². The van der Waals surface area contributed by atoms with Crippen molar-refractivity contribution in [3.8, 4) is 0 Å². The lowest BCUT2D eigenvalue weighted by molar-refractivity contribution is -0.147. The minimum Gasteiger partial charge on any atom is -0.467 e. The van der Waals surface area contributed by atoms with Crippen LogP contribution in [0.3, 0.4) is 0 Å². The van der Waals surface area contributed by atoms with Crippen LogP contribution < -0.4 is 16.0 Å². The number of furan rings is 1. The summed E-state index contributed by atoms with van der Waals surface area (Å²) in [5.41, 5.74) is -0.226. The minimum absolute atomic E-state index is 0.0774. The molecule has 4 amide bonds. The fraction of sp³-hybridized carbons (Fsp3) is 0.176. The zero-order valence-corrected chi connectivity index (χ0v) is 14.0. The van der Waals surface area contributed by atoms with E-state index in [0.717, 1.165) is 6.07 Å². The molecule has 9 nitrogen and oxygen atoms in total. The molecule has 1 aromatic heterocycles. The number of esters is 1. The van der Waals surface area contributed by atoms with Crippen molar-refractivity contribution in [1.82, 2.24) is 16.0 Å². The maximum absolute atomic E-state index is 13.4. The molecule has 142 valence electrons. The van der Waals surface area contributed by atoms with Crippen LogP contribution in [0, 0.1) is 5.82 Å². The third-order valence-electron chi connectivity index (χ3n) is 3.13. The van der Waals surface area contributed by atoms with E-state index in [4.69, 9.17) is 4.42 Å². The van der Waals surface area contributed by atoms with E-state index >= 15 is 0 Å². The Morgan fingerprint density at radius 3 is 2.52 bits per heavy atom. The maximum atomic E-state index is 13.4. The van der Waals surface area contributed by atoms with E-state index in [9.17, 15) is 23.6 Å². The van der Waals surface area contributed by atoms with E-state index < -0.39 is 42.8 Å². The summed E-state index contributed by atoms with van der Waals surface area (Å²) < 4.78 is 23.0. The van der Waals surface area contributed by atoms with Gasteiger partial charge in [-0.2, -0.15) is 0 Å². The fourth-order valence-electron chi connectivity index (χ4n) is 1.88. The number of benzene rings is 1. The van der Waals surface area contributed by atoms with Crippen LogP contribution in [0.4, 0.5) is 9.18 Å². The molecule has 0 saturated heterocycles. The molecule has 0 fully saturated rings. The summed E-state index contributed by atoms with van der Waals surface area (Å²) in [6.07, 6.45) is 1.44. The lowest BCUT2D eigenvalue weighted by Gasteiger charge is -2.08. The average molecular weight is 377 g/mol. The lowest BCUT2D eigenvalue weighted by Crippen LogP contribution is -2.41. The highest BCUT2D eigenvalue weighted by molar-refractivity contribution is 5.97. The minimum atomic E-state index is -0.925. The standard InChI is InChI=1S/C17H16FN3O6/c18-13-6-2-1-5-12(13)16(24)19-9-15(23)27-10-14(22)21-17(25)20-8-11-4-3-7-26-11/h1-7H,8-10H2,(H,19,24)(H2,20,21,22,25). The Hall–Kier alpha value is -3.69. The molecule has 27 heavy (non-hydrogen) atoms. The second-order valence-electron chi connectivity index (χ2n) is 5.13. The van der Waals surface area contributed by atoms with Crippen LogP contribution in [-0.4, -0.2) is 37.0 Å². The van der Waals surface area contributed by atoms with Gasteiger partial charge in [-0.1, -0.05) is 12.1 Å². The highest BCUT2D eigenvalue weighted by Crippen LogP contribution is 2.05. The number of urea groups is 1. The van der Waals surface area contributed by atoms with E-state index in [1.165, 1.54) is 24.5 Å². The molecule has 1 aromatic carbocycles. The van der Waals surface area contributed by atoms with Gasteiger partial charge >= 0.3 is 12.0 Å². The van der Waals surface area contributed by atoms with Crippen LogP contribution in [-0.2, 0) is 20.9 Å². The largest absolute Gasteiger partial charge is 0.467 e. The molecule has 0 aliphatic rings. The van der Waals surface area contributed by atoms with Crippen LogP contribution in [0.25, 0.3) is 0 Å². The van der Waals surface area contributed by atoms with Crippen LogP contribution in [0.1, 0.15) is 16.1 Å². The van der Waals surface area contributed by atoms with E-state index in [1.54, 1.807) is 12.1 Å². The average Bonchev–Trinajstić information content (AvgIpc) is 3.17. The van der Waals surface area contributed by atoms with E-state index in [-0.39, 0.29) is 12.1 Å². The highest BCUT2D eigenvalue weighted by atomic mass is 19.1. The number of hydrogen-bond donors (Lipinski definition) is 3. The molecule has 0 radical (unpaired) electrons. The van der Waals surface area contributed by atoms with Crippen LogP contribution in [0.15, 0.2) is 47.1 Å². The number of hydrogen-bond acceptors (Lipinski definition) is 6. The molecular formula is C17H16FN3O6. The van der Waals surface area contributed by atoms with Crippen LogP contribution in [0.2, 0.25) is 0 Å². The van der Waals surface area contributed by atoms with Crippen molar-refractivity contribution in [1.29, 1.82) is 0 Å². The number of ether oxygens (including phenoxy) is 1. The topological polar surface area (TPSA) is 127 Å². The molecule has 2 aromatic rings. The van der Waals surface area contributed by atoms with Crippen LogP contribution in [0.5, 0.6) is 0 Å². The normalized spacial score (nSPS) is 9.96. The Labute approximate surface area is 152 Å². The molecule has 0 unspecified atom stereocenters. The number of rotatable bonds is 7. The van der Waals surface area contributed by atoms with Gasteiger partial charge in [0.05, 0.1) is 18.4 Å². The monoisotopic (exact) mass is 377 g/mol. The smallest absolute Gasteiger partial charge is 0.325 e. The zero-order valence-electron chi connectivity index (χ0n) is 14.0. The quantitative estimate of drug-likeness (QED) is 0.610. The SMILES string of the molecule is O=C(COC(=O)CNC(=O)c1ccccc1F)NC(=O)NCc1ccco1. The van der Waals surface area contributed by atoms with Gasteiger partial charge < -0.3 is 19.8 Å². The number of amides is 4. The molecule has 1 heterocycles. The summed E-state index contributed by atoms with van der Waals surface area (Å²) in [6, 6.07) is 7.74. The van der Waals surface area contributed by atoms with Crippen molar-refractivity contribution < 1.29 is 32.7 Å². The van der Waals surface area contributed by atoms with Gasteiger partial charge in [0.25, 0.3) is 11.8 Å². The first-order valence-electron chi connectivity index (χ1n) is 7.74. The van der Waals surface area contributed by atoms with Crippen molar-refractivity contribution in [2.24, 2.45) is 0 Å². The first kappa shape index (κ1) is 19.6. The van der Waals surface area contributed by atoms with E-state index in [0.29, 0.717) is 5.76 Å². The number of halogens is 1. The second kappa shape index (κ2) is 9.70. The number of carbonyl (C=O) groups excluding carboxylic acids is 4. The van der Waals surface area contributed by atoms with Gasteiger partial charge in [0, 0.05) is 0 Å². The van der Waals surface area contributed by atoms with Crippen molar-refractivity contribution in [2.45, 2.75) is 6.54 Å². The molecule has 3 N–H and O–H groups in total. The second-order valence-corrected chi connectivity index (χ2v) is 5.13. The van der Waals surface area contributed by atoms with Gasteiger partial charge in [0.15, 0.2) is 6.61 Å². The predicted octanol–water partition coefficient (Wildman–Crippen LogP) is 0.718. The molecule has 0 aliphatic heterocycles. The van der Waals surface area contributed by atoms with Gasteiger partial charge in [0.2, 0.25) is 0 Å². The Bertz CT molecular complexity index is 822. The molecular weight excluding hydrogens is 361 g/mol. The van der Waals surface area contributed by atoms with E-state index in [2.05, 4.69) is 15.4 Å². The molecule has 0 bridgehead atoms. The molecule has 0 atom stereocenters. The van der Waals surface area contributed by atoms with E-state index in [1.807, 2.05) is 5.32 Å². The summed E-state index contributed by atoms with van der Waals surface area (Å²) in [7, 11) is 0. The van der Waals surface area contributed by atoms with Crippen molar-refractivity contribution in [2.75, 3.05) is 13.2 Å². The fourth-order valence-corrected chi connectivity index (χ4v) is 1.88. The summed E-state index contributed by atoms with van der Waals surface area (Å²) in [5.74, 6) is -2.82. The molecule has 0 saturated carbocycles. The molecule has 0 spiro atoms. The Balaban J connectivity index is 1.64. The zero-order chi connectivity index (χ0) is 19.6. The van der Waals surface area contributed by atoms with Crippen LogP contribution >= 0.6 is 0 Å². The van der Waals surface area contributed by atoms with Gasteiger partial charge in [-0.25, -0.2) is 9.18 Å². The van der Waals surface area contributed by atoms with Crippen molar-refractivity contribution in [3.05, 3.63) is 59.8 Å². The first-order valence-corrected chi connectivity index (χ1v) is 7.74. The third kappa shape index (κ3) is 6.61. The first-order chi connectivity index (χ1) is 13.0. The predicted molar refractivity (Wildman–Crippen MR) is 88.8 cm³/mol. The third-order valence-corrected chi connectivity index (χ3v) is 3.13. The Morgan fingerprint density at radius 2 is 1.81 bits per heavy atom. The summed E-state index contributed by atoms with van der Waals surface area (Å²) in [5, 5.41) is 6.49. The maximum Gasteiger partial charge on any atom is 0.325 e. The van der Waals surface area contributed by atoms with Gasteiger partial charge in [-0.3, -0.25) is 19.7 Å². The summed E-state index contributed by atoms with van der Waals surface area (Å²) >= 11 is 0. The molecule has 2 rings (SSSR count). The molecule has 0 aliphatic carbocycles. The van der Waals surface area contributed by atoms with Crippen molar-refractivity contribution >= 4 is 23.8 Å². The van der Waals surface area contributed by atoms with Gasteiger partial charge in [-0.15, -0.1) is 0 Å². The van der Waals surface area contributed by atoms with Gasteiger partial charge in [-0.05, 0) is 24.3 Å². The highest BCUT2D eigenvalue weighted by Gasteiger charge is 2.14. The van der Waals surface area contributed by atoms with Gasteiger partial charge in [0.1, 0.15) is 18.1 Å². The molecule has 10 heteroatoms. The Kier molecular flexibility index (Phi) is 7.06. The summed E-state index contributed by atoms with van der Waals surface area (Å²) in [6.45, 7) is -1.21. The number of imide groups is 1. The number of carbonyl (C=O) groups is 4. The number of nitrogens with one attached hydrogen (secondary N) is 3.